The summed E-state index contributed by atoms with van der Waals surface area (Å²) < 4.78 is 4.61. The van der Waals surface area contributed by atoms with Gasteiger partial charge >= 0.3 is 5.97 Å². The van der Waals surface area contributed by atoms with Gasteiger partial charge in [0.1, 0.15) is 5.82 Å². The molecule has 6 heteroatoms. The molecule has 2 heterocycles. The molecular formula is C13H19N3O3. The molecule has 1 fully saturated rings. The summed E-state index contributed by atoms with van der Waals surface area (Å²) in [6.45, 7) is 3.38. The van der Waals surface area contributed by atoms with Crippen molar-refractivity contribution in [1.29, 1.82) is 0 Å². The number of rotatable bonds is 2. The number of aliphatic hydroxyl groups is 1. The van der Waals surface area contributed by atoms with Gasteiger partial charge in [-0.15, -0.1) is 0 Å². The molecule has 1 unspecified atom stereocenters. The summed E-state index contributed by atoms with van der Waals surface area (Å²) in [4.78, 5) is 21.6. The first-order valence-electron chi connectivity index (χ1n) is 6.40. The molecule has 1 atom stereocenters. The average Bonchev–Trinajstić information content (AvgIpc) is 2.59. The summed E-state index contributed by atoms with van der Waals surface area (Å²) in [7, 11) is 1.31. The molecule has 0 aliphatic carbocycles. The lowest BCUT2D eigenvalue weighted by Crippen LogP contribution is -2.29. The maximum Gasteiger partial charge on any atom is 0.376 e. The molecule has 1 aliphatic heterocycles. The van der Waals surface area contributed by atoms with Gasteiger partial charge in [0.15, 0.2) is 0 Å². The second kappa shape index (κ2) is 5.52. The van der Waals surface area contributed by atoms with Gasteiger partial charge in [0.2, 0.25) is 5.82 Å². The zero-order valence-corrected chi connectivity index (χ0v) is 11.3. The van der Waals surface area contributed by atoms with E-state index in [1.807, 2.05) is 6.92 Å². The molecule has 104 valence electrons. The fourth-order valence-electron chi connectivity index (χ4n) is 2.21. The lowest BCUT2D eigenvalue weighted by Gasteiger charge is -2.23. The number of esters is 1. The van der Waals surface area contributed by atoms with Crippen LogP contribution in [-0.4, -0.2) is 46.8 Å². The predicted molar refractivity (Wildman–Crippen MR) is 70.1 cm³/mol. The van der Waals surface area contributed by atoms with Crippen LogP contribution in [0.2, 0.25) is 0 Å². The van der Waals surface area contributed by atoms with Crippen molar-refractivity contribution in [2.45, 2.75) is 31.8 Å². The molecule has 0 spiro atoms. The fourth-order valence-corrected chi connectivity index (χ4v) is 2.21. The maximum absolute atomic E-state index is 11.4. The van der Waals surface area contributed by atoms with Crippen molar-refractivity contribution in [3.63, 3.8) is 0 Å². The minimum absolute atomic E-state index is 0.0657. The molecule has 1 aliphatic rings. The Hall–Kier alpha value is -1.69. The Morgan fingerprint density at radius 1 is 1.47 bits per heavy atom. The van der Waals surface area contributed by atoms with Crippen LogP contribution in [0.15, 0.2) is 12.3 Å². The van der Waals surface area contributed by atoms with Gasteiger partial charge < -0.3 is 14.7 Å². The van der Waals surface area contributed by atoms with Crippen molar-refractivity contribution in [1.82, 2.24) is 9.97 Å². The third kappa shape index (κ3) is 3.41. The number of hydrogen-bond donors (Lipinski definition) is 1. The fraction of sp³-hybridized carbons (Fsp3) is 0.615. The highest BCUT2D eigenvalue weighted by Crippen LogP contribution is 2.24. The summed E-state index contributed by atoms with van der Waals surface area (Å²) in [5.74, 6) is 0.229. The van der Waals surface area contributed by atoms with Gasteiger partial charge in [-0.2, -0.15) is 0 Å². The van der Waals surface area contributed by atoms with E-state index in [0.717, 1.165) is 19.4 Å². The van der Waals surface area contributed by atoms with Gasteiger partial charge in [-0.25, -0.2) is 14.8 Å². The quantitative estimate of drug-likeness (QED) is 0.804. The summed E-state index contributed by atoms with van der Waals surface area (Å²) in [6, 6.07) is 1.77. The highest BCUT2D eigenvalue weighted by atomic mass is 16.5. The Labute approximate surface area is 112 Å². The van der Waals surface area contributed by atoms with Gasteiger partial charge in [-0.3, -0.25) is 0 Å². The van der Waals surface area contributed by atoms with Crippen LogP contribution in [0.25, 0.3) is 0 Å². The zero-order valence-electron chi connectivity index (χ0n) is 11.3. The summed E-state index contributed by atoms with van der Waals surface area (Å²) in [5.41, 5.74) is -0.618. The molecule has 1 aromatic heterocycles. The van der Waals surface area contributed by atoms with E-state index in [-0.39, 0.29) is 5.82 Å². The number of ether oxygens (including phenoxy) is 1. The van der Waals surface area contributed by atoms with E-state index in [2.05, 4.69) is 19.6 Å². The normalized spacial score (nSPS) is 23.8. The Bertz CT molecular complexity index is 462. The summed E-state index contributed by atoms with van der Waals surface area (Å²) in [6.07, 6.45) is 3.91. The number of anilines is 1. The first-order chi connectivity index (χ1) is 9.02. The zero-order chi connectivity index (χ0) is 13.9. The number of methoxy groups -OCH3 is 1. The minimum Gasteiger partial charge on any atom is -0.463 e. The van der Waals surface area contributed by atoms with Gasteiger partial charge in [0.05, 0.1) is 12.7 Å². The molecule has 0 radical (unpaired) electrons. The second-order valence-electron chi connectivity index (χ2n) is 5.07. The van der Waals surface area contributed by atoms with Crippen LogP contribution >= 0.6 is 0 Å². The third-order valence-corrected chi connectivity index (χ3v) is 3.40. The number of hydrogen-bond acceptors (Lipinski definition) is 6. The van der Waals surface area contributed by atoms with E-state index in [9.17, 15) is 9.90 Å². The first kappa shape index (κ1) is 13.7. The number of nitrogens with zero attached hydrogens (tertiary/aromatic N) is 3. The van der Waals surface area contributed by atoms with Crippen molar-refractivity contribution < 1.29 is 14.6 Å². The smallest absolute Gasteiger partial charge is 0.376 e. The Morgan fingerprint density at radius 3 is 3.00 bits per heavy atom. The predicted octanol–water partition coefficient (Wildman–Crippen LogP) is 1.00. The van der Waals surface area contributed by atoms with E-state index < -0.39 is 11.6 Å². The molecule has 1 N–H and O–H groups in total. The highest BCUT2D eigenvalue weighted by molar-refractivity contribution is 5.85. The highest BCUT2D eigenvalue weighted by Gasteiger charge is 2.25. The van der Waals surface area contributed by atoms with Crippen LogP contribution in [0.5, 0.6) is 0 Å². The standard InChI is InChI=1S/C13H19N3O3/c1-13(18)5-3-8-16(9-6-13)10-4-7-14-11(15-10)12(17)19-2/h4,7,18H,3,5-6,8-9H2,1-2H3. The Kier molecular flexibility index (Phi) is 3.99. The molecule has 6 nitrogen and oxygen atoms in total. The Balaban J connectivity index is 2.15. The van der Waals surface area contributed by atoms with Crippen LogP contribution in [-0.2, 0) is 4.74 Å². The average molecular weight is 265 g/mol. The maximum atomic E-state index is 11.4. The number of carbonyl (C=O) groups excluding carboxylic acids is 1. The number of carbonyl (C=O) groups is 1. The molecule has 0 saturated carbocycles. The first-order valence-corrected chi connectivity index (χ1v) is 6.40. The van der Waals surface area contributed by atoms with Crippen molar-refractivity contribution in [2.75, 3.05) is 25.1 Å². The number of aromatic nitrogens is 2. The van der Waals surface area contributed by atoms with Crippen molar-refractivity contribution in [3.8, 4) is 0 Å². The lowest BCUT2D eigenvalue weighted by molar-refractivity contribution is 0.0480. The van der Waals surface area contributed by atoms with Crippen molar-refractivity contribution in [3.05, 3.63) is 18.1 Å². The third-order valence-electron chi connectivity index (χ3n) is 3.40. The molecular weight excluding hydrogens is 246 g/mol. The molecule has 2 rings (SSSR count). The SMILES string of the molecule is COC(=O)c1nccc(N2CCCC(C)(O)CC2)n1. The van der Waals surface area contributed by atoms with Gasteiger partial charge in [0.25, 0.3) is 0 Å². The van der Waals surface area contributed by atoms with E-state index in [4.69, 9.17) is 0 Å². The topological polar surface area (TPSA) is 75.5 Å². The van der Waals surface area contributed by atoms with Gasteiger partial charge in [0, 0.05) is 19.3 Å². The largest absolute Gasteiger partial charge is 0.463 e. The lowest BCUT2D eigenvalue weighted by atomic mass is 9.98. The van der Waals surface area contributed by atoms with Crippen LogP contribution in [0.3, 0.4) is 0 Å². The summed E-state index contributed by atoms with van der Waals surface area (Å²) >= 11 is 0. The van der Waals surface area contributed by atoms with Crippen LogP contribution in [0.1, 0.15) is 36.8 Å². The van der Waals surface area contributed by atoms with E-state index in [1.165, 1.54) is 7.11 Å². The van der Waals surface area contributed by atoms with Crippen LogP contribution in [0.4, 0.5) is 5.82 Å². The van der Waals surface area contributed by atoms with Crippen LogP contribution in [0, 0.1) is 0 Å². The van der Waals surface area contributed by atoms with Gasteiger partial charge in [-0.05, 0) is 32.3 Å². The van der Waals surface area contributed by atoms with E-state index in [1.54, 1.807) is 12.3 Å². The van der Waals surface area contributed by atoms with Crippen molar-refractivity contribution in [2.24, 2.45) is 0 Å². The van der Waals surface area contributed by atoms with Crippen molar-refractivity contribution >= 4 is 11.8 Å². The molecule has 1 aromatic rings. The molecule has 19 heavy (non-hydrogen) atoms. The second-order valence-corrected chi connectivity index (χ2v) is 5.07. The van der Waals surface area contributed by atoms with E-state index >= 15 is 0 Å². The van der Waals surface area contributed by atoms with Gasteiger partial charge in [-0.1, -0.05) is 0 Å². The Morgan fingerprint density at radius 2 is 2.26 bits per heavy atom. The molecule has 0 amide bonds. The molecule has 0 bridgehead atoms. The monoisotopic (exact) mass is 265 g/mol. The van der Waals surface area contributed by atoms with Crippen LogP contribution < -0.4 is 4.90 Å². The summed E-state index contributed by atoms with van der Waals surface area (Å²) in [5, 5.41) is 10.1. The van der Waals surface area contributed by atoms with E-state index in [0.29, 0.717) is 18.8 Å². The molecule has 0 aromatic carbocycles. The minimum atomic E-state index is -0.618. The molecule has 1 saturated heterocycles.